The van der Waals surface area contributed by atoms with Gasteiger partial charge in [-0.05, 0) is 138 Å². The van der Waals surface area contributed by atoms with Gasteiger partial charge in [-0.2, -0.15) is 18.4 Å². The van der Waals surface area contributed by atoms with Gasteiger partial charge < -0.3 is 50.2 Å². The van der Waals surface area contributed by atoms with E-state index in [1.807, 2.05) is 57.2 Å². The van der Waals surface area contributed by atoms with Crippen LogP contribution in [0.3, 0.4) is 0 Å². The highest BCUT2D eigenvalue weighted by molar-refractivity contribution is 8.03. The number of nitrogens with two attached hydrogens (primary N) is 1. The summed E-state index contributed by atoms with van der Waals surface area (Å²) < 4.78 is 65.9. The molecule has 2 aromatic rings. The molecule has 1 amide bonds. The third-order valence-corrected chi connectivity index (χ3v) is 18.4. The fourth-order valence-corrected chi connectivity index (χ4v) is 13.1. The molecular weight excluding hydrogens is 1130 g/mol. The third kappa shape index (κ3) is 17.9. The Hall–Kier alpha value is -5.92. The van der Waals surface area contributed by atoms with Gasteiger partial charge in [0.05, 0.1) is 40.5 Å². The number of piperidine rings is 1. The summed E-state index contributed by atoms with van der Waals surface area (Å²) in [4.78, 5) is 74.0. The average molecular weight is 1220 g/mol. The summed E-state index contributed by atoms with van der Waals surface area (Å²) in [5.41, 5.74) is 6.40. The van der Waals surface area contributed by atoms with Crippen LogP contribution < -0.4 is 11.1 Å². The van der Waals surface area contributed by atoms with Crippen LogP contribution in [0.4, 0.5) is 18.9 Å². The van der Waals surface area contributed by atoms with Crippen LogP contribution in [-0.2, 0) is 49.1 Å². The van der Waals surface area contributed by atoms with E-state index in [9.17, 15) is 57.7 Å². The van der Waals surface area contributed by atoms with E-state index in [1.165, 1.54) is 25.3 Å². The number of ketones is 3. The molecule has 20 heteroatoms. The second-order valence-corrected chi connectivity index (χ2v) is 25.2. The highest BCUT2D eigenvalue weighted by Gasteiger charge is 2.54. The molecule has 4 aliphatic rings. The Morgan fingerprint density at radius 3 is 2.30 bits per heavy atom. The number of nitriles is 1. The molecule has 15 atom stereocenters. The molecule has 3 aliphatic heterocycles. The van der Waals surface area contributed by atoms with Gasteiger partial charge in [0.25, 0.3) is 11.7 Å². The number of rotatable bonds is 10. The maximum atomic E-state index is 14.8. The van der Waals surface area contributed by atoms with Gasteiger partial charge in [-0.15, -0.1) is 0 Å². The summed E-state index contributed by atoms with van der Waals surface area (Å²) in [5, 5.41) is 48.0. The van der Waals surface area contributed by atoms with Crippen molar-refractivity contribution >= 4 is 52.2 Å². The largest absolute Gasteiger partial charge is 0.460 e. The molecule has 2 saturated heterocycles. The van der Waals surface area contributed by atoms with Gasteiger partial charge in [-0.25, -0.2) is 4.79 Å². The molecule has 0 aromatic heterocycles. The molecule has 3 fully saturated rings. The Bertz CT molecular complexity index is 2900. The van der Waals surface area contributed by atoms with Gasteiger partial charge in [0, 0.05) is 61.1 Å². The van der Waals surface area contributed by atoms with Crippen LogP contribution in [0.15, 0.2) is 106 Å². The first kappa shape index (κ1) is 69.2. The summed E-state index contributed by atoms with van der Waals surface area (Å²) in [6.07, 6.45) is 5.23. The Kier molecular flexibility index (Phi) is 25.2. The molecule has 6 N–H and O–H groups in total. The number of fused-ring (bicyclic) bond motifs is 3. The zero-order chi connectivity index (χ0) is 63.2. The molecule has 2 unspecified atom stereocenters. The molecular formula is C66H87F3N4O12S. The number of halogens is 3. The zero-order valence-electron chi connectivity index (χ0n) is 50.9. The number of nitrogens with one attached hydrogen (secondary N) is 1. The molecule has 6 rings (SSSR count). The number of benzene rings is 2. The molecule has 16 nitrogen and oxygen atoms in total. The normalized spacial score (nSPS) is 33.8. The molecule has 0 spiro atoms. The maximum absolute atomic E-state index is 14.8. The van der Waals surface area contributed by atoms with Crippen molar-refractivity contribution in [1.29, 1.82) is 5.26 Å². The van der Waals surface area contributed by atoms with E-state index in [0.717, 1.165) is 28.3 Å². The third-order valence-electron chi connectivity index (χ3n) is 17.5. The standard InChI is InChI=1S/C66H87F3N4O12S/c1-38-17-11-10-12-18-39(2)32-51(72-46-24-26-47(27-25-46)86-62(71)49(37-70)48-19-13-14-20-50(48)66(67,68)69)55-29-22-44(7)65(81,85-55)61(78)63(79)73-30-16-15-21-52(73)64(80)84-56(41(4)34-45-23-28-53(74)57(35-45)82-8)36-54(75)40(3)33-43(6)59(77)60(83-9)58(76)42(5)31-38/h10-14,17-20,24-27,33,38,40-42,44-45,51-53,55-57,59-60,72,74,77,81H,15-16,21-23,28-32,34-36,71H2,1-9H3/b12-10+,17-11+,39-18-,43-33+,62-49+/t38-,40-,41?,42-,44-,45-,51+,52?,53-,55+,56+,57-,59-,60+,65-/m1/s1. The number of alkyl halides is 3. The molecule has 3 heterocycles. The van der Waals surface area contributed by atoms with Crippen molar-refractivity contribution in [3.05, 3.63) is 112 Å². The number of allylic oxidation sites excluding steroid dienone is 7. The van der Waals surface area contributed by atoms with Crippen molar-refractivity contribution in [2.75, 3.05) is 26.1 Å². The number of esters is 1. The smallest absolute Gasteiger partial charge is 0.417 e. The summed E-state index contributed by atoms with van der Waals surface area (Å²) in [5.74, 6) is -9.02. The first-order valence-electron chi connectivity index (χ1n) is 29.9. The van der Waals surface area contributed by atoms with E-state index in [0.29, 0.717) is 73.9 Å². The van der Waals surface area contributed by atoms with Crippen LogP contribution in [0, 0.1) is 46.8 Å². The number of hydrogen-bond donors (Lipinski definition) is 5. The number of ether oxygens (including phenoxy) is 4. The van der Waals surface area contributed by atoms with E-state index in [-0.39, 0.29) is 65.4 Å². The Morgan fingerprint density at radius 2 is 1.63 bits per heavy atom. The van der Waals surface area contributed by atoms with Crippen LogP contribution in [-0.4, -0.2) is 125 Å². The number of Topliss-reactive ketones (excluding diaryl/α,β-unsaturated/α-hetero) is 3. The number of methoxy groups -OCH3 is 2. The SMILES string of the molecule is CO[C@@H]1C[C@@H](CC(C)[C@@H]2CC(=O)[C@H](C)/C=C(\C)[C@@H](O)[C@@H](OC)C(=O)[C@H](C)C[C@H](C)/C=C/C=C/C=C(/C)C[C@H](Nc3ccc(S/C(N)=C(\C#N)c4ccccc4C(F)(F)F)cc3)[C@@H]3CC[C@@H](C)[C@@](O)(O3)C(=O)C(=O)N3CCCCC3C(=O)O2)CC[C@H]1O. The Balaban J connectivity index is 1.34. The molecule has 1 aliphatic carbocycles. The molecule has 2 bridgehead atoms. The van der Waals surface area contributed by atoms with Crippen LogP contribution in [0.1, 0.15) is 137 Å². The fourth-order valence-electron chi connectivity index (χ4n) is 12.3. The van der Waals surface area contributed by atoms with Crippen molar-refractivity contribution in [1.82, 2.24) is 4.90 Å². The number of nitrogens with zero attached hydrogens (tertiary/aromatic N) is 2. The summed E-state index contributed by atoms with van der Waals surface area (Å²) >= 11 is 0.916. The van der Waals surface area contributed by atoms with E-state index >= 15 is 0 Å². The van der Waals surface area contributed by atoms with Crippen molar-refractivity contribution in [2.24, 2.45) is 41.2 Å². The quantitative estimate of drug-likeness (QED) is 0.0488. The predicted molar refractivity (Wildman–Crippen MR) is 322 cm³/mol. The van der Waals surface area contributed by atoms with Crippen molar-refractivity contribution in [3.8, 4) is 6.07 Å². The van der Waals surface area contributed by atoms with Gasteiger partial charge in [0.15, 0.2) is 5.78 Å². The van der Waals surface area contributed by atoms with Gasteiger partial charge >= 0.3 is 12.1 Å². The second-order valence-electron chi connectivity index (χ2n) is 24.1. The van der Waals surface area contributed by atoms with Crippen LogP contribution in [0.5, 0.6) is 0 Å². The lowest BCUT2D eigenvalue weighted by atomic mass is 9.78. The number of amides is 1. The molecule has 2 aromatic carbocycles. The van der Waals surface area contributed by atoms with Gasteiger partial charge in [0.1, 0.15) is 36.2 Å². The van der Waals surface area contributed by atoms with E-state index in [4.69, 9.17) is 24.7 Å². The maximum Gasteiger partial charge on any atom is 0.417 e. The summed E-state index contributed by atoms with van der Waals surface area (Å²) in [6, 6.07) is 11.4. The number of thioether (sulfide) groups is 1. The predicted octanol–water partition coefficient (Wildman–Crippen LogP) is 10.6. The lowest BCUT2D eigenvalue weighted by Gasteiger charge is -2.44. The first-order valence-corrected chi connectivity index (χ1v) is 30.8. The molecule has 86 heavy (non-hydrogen) atoms. The van der Waals surface area contributed by atoms with E-state index in [2.05, 4.69) is 5.32 Å². The molecule has 1 saturated carbocycles. The molecule has 470 valence electrons. The lowest BCUT2D eigenvalue weighted by molar-refractivity contribution is -0.264. The number of carbonyl (C=O) groups excluding carboxylic acids is 5. The minimum atomic E-state index is -4.73. The monoisotopic (exact) mass is 1220 g/mol. The fraction of sp³-hybridized carbons (Fsp3) is 0.576. The topological polar surface area (TPSA) is 248 Å². The minimum absolute atomic E-state index is 0.00243. The van der Waals surface area contributed by atoms with Crippen LogP contribution in [0.25, 0.3) is 5.57 Å². The van der Waals surface area contributed by atoms with Gasteiger partial charge in [-0.3, -0.25) is 19.2 Å². The van der Waals surface area contributed by atoms with Crippen LogP contribution >= 0.6 is 11.8 Å². The summed E-state index contributed by atoms with van der Waals surface area (Å²) in [7, 11) is 2.90. The first-order chi connectivity index (χ1) is 40.7. The van der Waals surface area contributed by atoms with Gasteiger partial charge in [0.2, 0.25) is 5.79 Å². The number of anilines is 1. The average Bonchev–Trinajstić information content (AvgIpc) is 1.11. The number of aliphatic hydroxyl groups is 3. The Morgan fingerprint density at radius 1 is 0.919 bits per heavy atom. The number of cyclic esters (lactones) is 1. The number of aliphatic hydroxyl groups excluding tert-OH is 2. The zero-order valence-corrected chi connectivity index (χ0v) is 51.7. The van der Waals surface area contributed by atoms with Crippen molar-refractivity contribution < 1.29 is 71.4 Å². The molecule has 0 radical (unpaired) electrons. The highest BCUT2D eigenvalue weighted by atomic mass is 32.2. The number of hydrogen-bond acceptors (Lipinski definition) is 16. The minimum Gasteiger partial charge on any atom is -0.460 e. The van der Waals surface area contributed by atoms with E-state index < -0.39 is 108 Å². The highest BCUT2D eigenvalue weighted by Crippen LogP contribution is 2.41. The lowest BCUT2D eigenvalue weighted by Crippen LogP contribution is -2.62. The van der Waals surface area contributed by atoms with E-state index in [1.54, 1.807) is 65.1 Å². The second kappa shape index (κ2) is 31.3. The van der Waals surface area contributed by atoms with Crippen LogP contribution in [0.2, 0.25) is 0 Å². The summed E-state index contributed by atoms with van der Waals surface area (Å²) in [6.45, 7) is 12.4. The van der Waals surface area contributed by atoms with Crippen molar-refractivity contribution in [3.63, 3.8) is 0 Å². The van der Waals surface area contributed by atoms with Gasteiger partial charge in [-0.1, -0.05) is 107 Å². The Labute approximate surface area is 508 Å². The number of carbonyl (C=O) groups is 5. The van der Waals surface area contributed by atoms with Crippen molar-refractivity contribution in [2.45, 2.75) is 191 Å².